The minimum Gasteiger partial charge on any atom is -0.427 e. The first-order valence-corrected chi connectivity index (χ1v) is 14.3. The lowest BCUT2D eigenvalue weighted by Crippen LogP contribution is -2.07. The molecule has 186 valence electrons. The quantitative estimate of drug-likeness (QED) is 0.116. The van der Waals surface area contributed by atoms with Crippen molar-refractivity contribution < 1.29 is 9.53 Å². The summed E-state index contributed by atoms with van der Waals surface area (Å²) in [6, 6.07) is 7.75. The van der Waals surface area contributed by atoms with Gasteiger partial charge in [-0.3, -0.25) is 9.20 Å². The molecule has 2 aromatic heterocycles. The van der Waals surface area contributed by atoms with Crippen LogP contribution in [0.4, 0.5) is 0 Å². The number of nitrogens with zero attached hydrogens (tertiary/aromatic N) is 2. The Morgan fingerprint density at radius 1 is 0.941 bits per heavy atom. The zero-order chi connectivity index (χ0) is 24.2. The van der Waals surface area contributed by atoms with E-state index >= 15 is 0 Å². The highest BCUT2D eigenvalue weighted by molar-refractivity contribution is 7.15. The first kappa shape index (κ1) is 26.5. The number of aromatic nitrogens is 2. The van der Waals surface area contributed by atoms with Gasteiger partial charge in [0.25, 0.3) is 0 Å². The predicted molar refractivity (Wildman–Crippen MR) is 144 cm³/mol. The van der Waals surface area contributed by atoms with Crippen LogP contribution in [0.1, 0.15) is 116 Å². The van der Waals surface area contributed by atoms with Crippen LogP contribution in [-0.2, 0) is 4.79 Å². The molecule has 34 heavy (non-hydrogen) atoms. The Labute approximate surface area is 209 Å². The van der Waals surface area contributed by atoms with Gasteiger partial charge in [0, 0.05) is 29.3 Å². The van der Waals surface area contributed by atoms with Crippen molar-refractivity contribution in [1.29, 1.82) is 0 Å². The van der Waals surface area contributed by atoms with Gasteiger partial charge < -0.3 is 4.74 Å². The molecule has 0 fully saturated rings. The molecule has 0 N–H and O–H groups in total. The Morgan fingerprint density at radius 2 is 1.59 bits per heavy atom. The molecule has 2 heterocycles. The fourth-order valence-corrected chi connectivity index (χ4v) is 5.42. The Bertz CT molecular complexity index is 989. The lowest BCUT2D eigenvalue weighted by atomic mass is 10.00. The van der Waals surface area contributed by atoms with Crippen LogP contribution < -0.4 is 4.74 Å². The molecule has 0 aliphatic heterocycles. The fraction of sp³-hybridized carbons (Fsp3) is 0.586. The van der Waals surface area contributed by atoms with Crippen molar-refractivity contribution in [2.24, 2.45) is 0 Å². The molecule has 4 nitrogen and oxygen atoms in total. The molecule has 0 radical (unpaired) electrons. The lowest BCUT2D eigenvalue weighted by molar-refractivity contribution is -0.134. The SMILES string of the molecule is CCCCCCCCCC(=O)Oc1ccc(-c2cn3c(C(C)CCCCCC)csc3n2)cc1. The highest BCUT2D eigenvalue weighted by Crippen LogP contribution is 2.30. The number of benzene rings is 1. The zero-order valence-corrected chi connectivity index (χ0v) is 22.2. The summed E-state index contributed by atoms with van der Waals surface area (Å²) in [7, 11) is 0. The molecule has 0 spiro atoms. The molecule has 0 saturated heterocycles. The van der Waals surface area contributed by atoms with Crippen molar-refractivity contribution in [3.8, 4) is 17.0 Å². The maximum atomic E-state index is 12.2. The van der Waals surface area contributed by atoms with E-state index in [-0.39, 0.29) is 5.97 Å². The first-order valence-electron chi connectivity index (χ1n) is 13.4. The summed E-state index contributed by atoms with van der Waals surface area (Å²) in [5.74, 6) is 1.01. The molecular formula is C29H42N2O2S. The molecule has 0 bridgehead atoms. The van der Waals surface area contributed by atoms with Gasteiger partial charge >= 0.3 is 5.97 Å². The van der Waals surface area contributed by atoms with Crippen molar-refractivity contribution >= 4 is 22.3 Å². The number of imidazole rings is 1. The van der Waals surface area contributed by atoms with Crippen LogP contribution in [0, 0.1) is 0 Å². The minimum absolute atomic E-state index is 0.138. The molecule has 5 heteroatoms. The number of carbonyl (C=O) groups is 1. The molecule has 1 unspecified atom stereocenters. The number of thiazole rings is 1. The van der Waals surface area contributed by atoms with E-state index in [2.05, 4.69) is 36.7 Å². The van der Waals surface area contributed by atoms with Crippen LogP contribution in [0.15, 0.2) is 35.8 Å². The summed E-state index contributed by atoms with van der Waals surface area (Å²) in [5, 5.41) is 2.25. The summed E-state index contributed by atoms with van der Waals surface area (Å²) >= 11 is 1.71. The van der Waals surface area contributed by atoms with Crippen LogP contribution in [0.5, 0.6) is 5.75 Å². The third-order valence-electron chi connectivity index (χ3n) is 6.60. The number of carbonyl (C=O) groups excluding carboxylic acids is 1. The largest absolute Gasteiger partial charge is 0.427 e. The van der Waals surface area contributed by atoms with Crippen LogP contribution in [-0.4, -0.2) is 15.4 Å². The molecule has 3 rings (SSSR count). The van der Waals surface area contributed by atoms with Crippen molar-refractivity contribution in [1.82, 2.24) is 9.38 Å². The normalized spacial score (nSPS) is 12.3. The van der Waals surface area contributed by atoms with Crippen LogP contribution >= 0.6 is 11.3 Å². The van der Waals surface area contributed by atoms with Gasteiger partial charge in [0.1, 0.15) is 5.75 Å². The number of hydrogen-bond donors (Lipinski definition) is 0. The van der Waals surface area contributed by atoms with Crippen molar-refractivity contribution in [3.05, 3.63) is 41.5 Å². The fourth-order valence-electron chi connectivity index (χ4n) is 4.42. The molecule has 3 aromatic rings. The van der Waals surface area contributed by atoms with E-state index in [1.807, 2.05) is 24.3 Å². The van der Waals surface area contributed by atoms with E-state index in [1.54, 1.807) is 11.3 Å². The highest BCUT2D eigenvalue weighted by Gasteiger charge is 2.15. The second kappa shape index (κ2) is 14.3. The van der Waals surface area contributed by atoms with Gasteiger partial charge in [0.2, 0.25) is 0 Å². The Kier molecular flexibility index (Phi) is 11.1. The maximum Gasteiger partial charge on any atom is 0.311 e. The zero-order valence-electron chi connectivity index (χ0n) is 21.4. The van der Waals surface area contributed by atoms with Crippen molar-refractivity contribution in [2.45, 2.75) is 110 Å². The van der Waals surface area contributed by atoms with Crippen LogP contribution in [0.2, 0.25) is 0 Å². The monoisotopic (exact) mass is 482 g/mol. The topological polar surface area (TPSA) is 43.6 Å². The Balaban J connectivity index is 1.50. The molecule has 1 atom stereocenters. The van der Waals surface area contributed by atoms with Gasteiger partial charge in [-0.25, -0.2) is 4.98 Å². The standard InChI is InChI=1S/C29H42N2O2S/c1-4-6-8-10-11-12-14-16-28(32)33-25-19-17-24(18-20-25)26-21-31-27(22-34-29(31)30-26)23(3)15-13-9-7-5-2/h17-23H,4-16H2,1-3H3. The maximum absolute atomic E-state index is 12.2. The second-order valence-corrected chi connectivity index (χ2v) is 10.4. The minimum atomic E-state index is -0.138. The third-order valence-corrected chi connectivity index (χ3v) is 7.46. The van der Waals surface area contributed by atoms with Crippen molar-refractivity contribution in [2.75, 3.05) is 0 Å². The third kappa shape index (κ3) is 7.97. The summed E-state index contributed by atoms with van der Waals surface area (Å²) in [4.78, 5) is 18.0. The predicted octanol–water partition coefficient (Wildman–Crippen LogP) is 9.18. The second-order valence-electron chi connectivity index (χ2n) is 9.56. The van der Waals surface area contributed by atoms with E-state index in [4.69, 9.17) is 9.72 Å². The summed E-state index contributed by atoms with van der Waals surface area (Å²) in [5.41, 5.74) is 3.36. The van der Waals surface area contributed by atoms with Crippen LogP contribution in [0.3, 0.4) is 0 Å². The number of unbranched alkanes of at least 4 members (excludes halogenated alkanes) is 9. The van der Waals surface area contributed by atoms with E-state index in [1.165, 1.54) is 69.9 Å². The molecule has 0 saturated carbocycles. The van der Waals surface area contributed by atoms with E-state index in [0.29, 0.717) is 18.1 Å². The van der Waals surface area contributed by atoms with Gasteiger partial charge in [-0.05, 0) is 43.0 Å². The average Bonchev–Trinajstić information content (AvgIpc) is 3.43. The molecule has 0 aliphatic rings. The number of rotatable bonds is 16. The summed E-state index contributed by atoms with van der Waals surface area (Å²) in [6.45, 7) is 6.81. The summed E-state index contributed by atoms with van der Waals surface area (Å²) in [6.07, 6.45) is 17.5. The van der Waals surface area contributed by atoms with Gasteiger partial charge in [0.05, 0.1) is 5.69 Å². The molecule has 0 amide bonds. The summed E-state index contributed by atoms with van der Waals surface area (Å²) < 4.78 is 7.79. The number of hydrogen-bond acceptors (Lipinski definition) is 4. The van der Waals surface area contributed by atoms with Gasteiger partial charge in [0.15, 0.2) is 4.96 Å². The number of ether oxygens (including phenoxy) is 1. The van der Waals surface area contributed by atoms with Gasteiger partial charge in [-0.15, -0.1) is 11.3 Å². The van der Waals surface area contributed by atoms with Crippen molar-refractivity contribution in [3.63, 3.8) is 0 Å². The Hall–Kier alpha value is -2.14. The molecule has 1 aromatic carbocycles. The average molecular weight is 483 g/mol. The Morgan fingerprint density at radius 3 is 2.29 bits per heavy atom. The van der Waals surface area contributed by atoms with E-state index in [9.17, 15) is 4.79 Å². The molecule has 0 aliphatic carbocycles. The van der Waals surface area contributed by atoms with E-state index < -0.39 is 0 Å². The van der Waals surface area contributed by atoms with Gasteiger partial charge in [-0.1, -0.05) is 85.0 Å². The van der Waals surface area contributed by atoms with Gasteiger partial charge in [-0.2, -0.15) is 0 Å². The number of esters is 1. The number of fused-ring (bicyclic) bond motifs is 1. The smallest absolute Gasteiger partial charge is 0.311 e. The molecular weight excluding hydrogens is 440 g/mol. The highest BCUT2D eigenvalue weighted by atomic mass is 32.1. The first-order chi connectivity index (χ1) is 16.6. The lowest BCUT2D eigenvalue weighted by Gasteiger charge is -2.10. The van der Waals surface area contributed by atoms with Crippen LogP contribution in [0.25, 0.3) is 16.2 Å². The van der Waals surface area contributed by atoms with E-state index in [0.717, 1.165) is 29.1 Å².